The number of benzene rings is 1. The van der Waals surface area contributed by atoms with E-state index in [0.717, 1.165) is 10.4 Å². The van der Waals surface area contributed by atoms with Gasteiger partial charge in [0.2, 0.25) is 17.6 Å². The van der Waals surface area contributed by atoms with Crippen molar-refractivity contribution in [3.8, 4) is 11.4 Å². The molecule has 8 nitrogen and oxygen atoms in total. The smallest absolute Gasteiger partial charge is 0.244 e. The predicted molar refractivity (Wildman–Crippen MR) is 80.0 cm³/mol. The van der Waals surface area contributed by atoms with Crippen LogP contribution < -0.4 is 10.6 Å². The number of carbonyl (C=O) groups is 2. The number of amides is 2. The van der Waals surface area contributed by atoms with Crippen LogP contribution in [0.2, 0.25) is 5.02 Å². The quantitative estimate of drug-likeness (QED) is 0.793. The predicted octanol–water partition coefficient (Wildman–Crippen LogP) is 0.246. The van der Waals surface area contributed by atoms with Crippen molar-refractivity contribution in [2.24, 2.45) is 0 Å². The molecule has 2 rings (SSSR count). The van der Waals surface area contributed by atoms with Gasteiger partial charge in [-0.05, 0) is 36.4 Å². The summed E-state index contributed by atoms with van der Waals surface area (Å²) in [4.78, 5) is 24.1. The van der Waals surface area contributed by atoms with Gasteiger partial charge in [0.05, 0.1) is 6.54 Å². The highest BCUT2D eigenvalue weighted by atomic mass is 35.5. The van der Waals surface area contributed by atoms with Crippen molar-refractivity contribution in [1.29, 1.82) is 0 Å². The number of tetrazole rings is 1. The van der Waals surface area contributed by atoms with Crippen molar-refractivity contribution in [3.63, 3.8) is 0 Å². The molecule has 0 aliphatic carbocycles. The van der Waals surface area contributed by atoms with Gasteiger partial charge in [-0.25, -0.2) is 0 Å². The minimum absolute atomic E-state index is 0.0780. The van der Waals surface area contributed by atoms with Crippen LogP contribution in [-0.2, 0) is 16.1 Å². The van der Waals surface area contributed by atoms with Crippen LogP contribution in [0.4, 0.5) is 0 Å². The van der Waals surface area contributed by atoms with Gasteiger partial charge in [0, 0.05) is 17.1 Å². The number of hydrogen-bond acceptors (Lipinski definition) is 5. The summed E-state index contributed by atoms with van der Waals surface area (Å²) in [7, 11) is 0. The molecule has 0 unspecified atom stereocenters. The van der Waals surface area contributed by atoms with Crippen LogP contribution >= 0.6 is 11.6 Å². The molecule has 22 heavy (non-hydrogen) atoms. The summed E-state index contributed by atoms with van der Waals surface area (Å²) in [5.74, 6) is -0.219. The van der Waals surface area contributed by atoms with Crippen LogP contribution in [0.5, 0.6) is 0 Å². The van der Waals surface area contributed by atoms with Crippen molar-refractivity contribution in [1.82, 2.24) is 30.8 Å². The molecule has 0 radical (unpaired) electrons. The minimum Gasteiger partial charge on any atom is -0.355 e. The molecule has 2 amide bonds. The topological polar surface area (TPSA) is 102 Å². The summed E-state index contributed by atoms with van der Waals surface area (Å²) in [6.45, 7) is 2.13. The molecule has 9 heteroatoms. The first-order valence-electron chi connectivity index (χ1n) is 6.65. The van der Waals surface area contributed by atoms with E-state index < -0.39 is 0 Å². The number of nitrogens with one attached hydrogen (secondary N) is 2. The van der Waals surface area contributed by atoms with Crippen LogP contribution in [0, 0.1) is 0 Å². The molecule has 1 aromatic heterocycles. The zero-order chi connectivity index (χ0) is 15.9. The SMILES string of the molecule is CCNC(=O)CNC(=O)Cn1nnc(-c2ccc(Cl)cc2)n1. The van der Waals surface area contributed by atoms with Crippen molar-refractivity contribution in [2.45, 2.75) is 13.5 Å². The molecule has 2 N–H and O–H groups in total. The summed E-state index contributed by atoms with van der Waals surface area (Å²) in [5.41, 5.74) is 0.749. The molecular weight excluding hydrogens is 308 g/mol. The molecule has 0 aliphatic rings. The van der Waals surface area contributed by atoms with E-state index in [0.29, 0.717) is 17.4 Å². The maximum absolute atomic E-state index is 11.7. The van der Waals surface area contributed by atoms with E-state index in [-0.39, 0.29) is 24.9 Å². The van der Waals surface area contributed by atoms with E-state index >= 15 is 0 Å². The Kier molecular flexibility index (Phi) is 5.42. The summed E-state index contributed by atoms with van der Waals surface area (Å²) in [6.07, 6.45) is 0. The maximum Gasteiger partial charge on any atom is 0.244 e. The van der Waals surface area contributed by atoms with Gasteiger partial charge in [-0.1, -0.05) is 11.6 Å². The van der Waals surface area contributed by atoms with Crippen molar-refractivity contribution >= 4 is 23.4 Å². The van der Waals surface area contributed by atoms with E-state index in [1.165, 1.54) is 0 Å². The Bertz CT molecular complexity index is 655. The second-order valence-electron chi connectivity index (χ2n) is 4.38. The molecule has 0 fully saturated rings. The van der Waals surface area contributed by atoms with E-state index in [9.17, 15) is 9.59 Å². The Morgan fingerprint density at radius 1 is 1.18 bits per heavy atom. The second-order valence-corrected chi connectivity index (χ2v) is 4.82. The van der Waals surface area contributed by atoms with Gasteiger partial charge in [-0.15, -0.1) is 10.2 Å². The average molecular weight is 323 g/mol. The van der Waals surface area contributed by atoms with E-state index in [4.69, 9.17) is 11.6 Å². The number of likely N-dealkylation sites (N-methyl/N-ethyl adjacent to an activating group) is 1. The van der Waals surface area contributed by atoms with Crippen LogP contribution in [0.1, 0.15) is 6.92 Å². The van der Waals surface area contributed by atoms with Crippen molar-refractivity contribution < 1.29 is 9.59 Å². The van der Waals surface area contributed by atoms with Gasteiger partial charge >= 0.3 is 0 Å². The van der Waals surface area contributed by atoms with Crippen molar-refractivity contribution in [3.05, 3.63) is 29.3 Å². The number of halogens is 1. The second kappa shape index (κ2) is 7.51. The van der Waals surface area contributed by atoms with E-state index in [1.807, 2.05) is 0 Å². The number of aromatic nitrogens is 4. The molecule has 1 aromatic carbocycles. The van der Waals surface area contributed by atoms with Gasteiger partial charge in [-0.2, -0.15) is 4.80 Å². The molecule has 0 aliphatic heterocycles. The molecular formula is C13H15ClN6O2. The number of carbonyl (C=O) groups excluding carboxylic acids is 2. The monoisotopic (exact) mass is 322 g/mol. The van der Waals surface area contributed by atoms with Crippen molar-refractivity contribution in [2.75, 3.05) is 13.1 Å². The lowest BCUT2D eigenvalue weighted by Crippen LogP contribution is -2.38. The minimum atomic E-state index is -0.369. The fraction of sp³-hybridized carbons (Fsp3) is 0.308. The van der Waals surface area contributed by atoms with Gasteiger partial charge in [0.25, 0.3) is 0 Å². The lowest BCUT2D eigenvalue weighted by atomic mass is 10.2. The largest absolute Gasteiger partial charge is 0.355 e. The first kappa shape index (κ1) is 15.9. The van der Waals surface area contributed by atoms with E-state index in [2.05, 4.69) is 26.0 Å². The first-order valence-corrected chi connectivity index (χ1v) is 7.03. The lowest BCUT2D eigenvalue weighted by Gasteiger charge is -2.04. The Balaban J connectivity index is 1.90. The third kappa shape index (κ3) is 4.52. The summed E-state index contributed by atoms with van der Waals surface area (Å²) in [6, 6.07) is 6.96. The van der Waals surface area contributed by atoms with Gasteiger partial charge in [0.1, 0.15) is 6.54 Å². The Labute approximate surface area is 131 Å². The van der Waals surface area contributed by atoms with Crippen LogP contribution in [-0.4, -0.2) is 45.1 Å². The van der Waals surface area contributed by atoms with Crippen LogP contribution in [0.15, 0.2) is 24.3 Å². The van der Waals surface area contributed by atoms with Gasteiger partial charge in [0.15, 0.2) is 0 Å². The third-order valence-electron chi connectivity index (χ3n) is 2.66. The molecule has 0 saturated carbocycles. The average Bonchev–Trinajstić information content (AvgIpc) is 2.95. The zero-order valence-electron chi connectivity index (χ0n) is 11.9. The summed E-state index contributed by atoms with van der Waals surface area (Å²) < 4.78 is 0. The Hall–Kier alpha value is -2.48. The zero-order valence-corrected chi connectivity index (χ0v) is 12.7. The molecule has 2 aromatic rings. The highest BCUT2D eigenvalue weighted by Crippen LogP contribution is 2.16. The lowest BCUT2D eigenvalue weighted by molar-refractivity contribution is -0.126. The van der Waals surface area contributed by atoms with E-state index in [1.54, 1.807) is 31.2 Å². The highest BCUT2D eigenvalue weighted by molar-refractivity contribution is 6.30. The molecule has 0 spiro atoms. The number of rotatable bonds is 6. The summed E-state index contributed by atoms with van der Waals surface area (Å²) >= 11 is 5.81. The normalized spacial score (nSPS) is 10.3. The number of hydrogen-bond donors (Lipinski definition) is 2. The fourth-order valence-electron chi connectivity index (χ4n) is 1.65. The Morgan fingerprint density at radius 2 is 1.91 bits per heavy atom. The number of nitrogens with zero attached hydrogens (tertiary/aromatic N) is 4. The van der Waals surface area contributed by atoms with Crippen LogP contribution in [0.25, 0.3) is 11.4 Å². The fourth-order valence-corrected chi connectivity index (χ4v) is 1.77. The standard InChI is InChI=1S/C13H15ClN6O2/c1-2-15-11(21)7-16-12(22)8-20-18-13(17-19-20)9-3-5-10(14)6-4-9/h3-6H,2,7-8H2,1H3,(H,15,21)(H,16,22). The van der Waals surface area contributed by atoms with Crippen LogP contribution in [0.3, 0.4) is 0 Å². The Morgan fingerprint density at radius 3 is 2.59 bits per heavy atom. The molecule has 0 bridgehead atoms. The molecule has 1 heterocycles. The molecule has 0 atom stereocenters. The highest BCUT2D eigenvalue weighted by Gasteiger charge is 2.10. The summed E-state index contributed by atoms with van der Waals surface area (Å²) in [5, 5.41) is 17.4. The van der Waals surface area contributed by atoms with Gasteiger partial charge in [-0.3, -0.25) is 9.59 Å². The van der Waals surface area contributed by atoms with Gasteiger partial charge < -0.3 is 10.6 Å². The maximum atomic E-state index is 11.7. The molecule has 116 valence electrons. The first-order chi connectivity index (χ1) is 10.6. The molecule has 0 saturated heterocycles. The third-order valence-corrected chi connectivity index (χ3v) is 2.91.